The first-order valence-electron chi connectivity index (χ1n) is 6.50. The average molecular weight is 332 g/mol. The van der Waals surface area contributed by atoms with Gasteiger partial charge in [0.25, 0.3) is 0 Å². The van der Waals surface area contributed by atoms with E-state index in [9.17, 15) is 4.79 Å². The van der Waals surface area contributed by atoms with Gasteiger partial charge >= 0.3 is 6.03 Å². The van der Waals surface area contributed by atoms with Gasteiger partial charge in [0.1, 0.15) is 5.82 Å². The summed E-state index contributed by atoms with van der Waals surface area (Å²) in [6, 6.07) is 14.2. The molecule has 0 spiro atoms. The molecule has 0 aliphatic carbocycles. The molecule has 2 amide bonds. The predicted octanol–water partition coefficient (Wildman–Crippen LogP) is 5.19. The minimum atomic E-state index is -0.438. The van der Waals surface area contributed by atoms with Crippen molar-refractivity contribution in [2.24, 2.45) is 0 Å². The van der Waals surface area contributed by atoms with Crippen LogP contribution in [0.5, 0.6) is 0 Å². The number of pyridine rings is 1. The molecule has 6 heteroatoms. The summed E-state index contributed by atoms with van der Waals surface area (Å²) in [5, 5.41) is 7.98. The zero-order chi connectivity index (χ0) is 15.5. The highest BCUT2D eigenvalue weighted by molar-refractivity contribution is 6.44. The van der Waals surface area contributed by atoms with E-state index in [0.29, 0.717) is 21.6 Å². The summed E-state index contributed by atoms with van der Waals surface area (Å²) in [4.78, 5) is 16.2. The van der Waals surface area contributed by atoms with Crippen LogP contribution in [-0.2, 0) is 0 Å². The SMILES string of the molecule is O=C(Nc1cc2ccccc2cn1)Nc1cccc(Cl)c1Cl. The largest absolute Gasteiger partial charge is 0.324 e. The standard InChI is InChI=1S/C16H11Cl2N3O/c17-12-6-3-7-13(15(12)18)20-16(22)21-14-8-10-4-1-2-5-11(10)9-19-14/h1-9H,(H2,19,20,21,22). The number of urea groups is 1. The van der Waals surface area contributed by atoms with Gasteiger partial charge in [0.2, 0.25) is 0 Å². The number of carbonyl (C=O) groups is 1. The van der Waals surface area contributed by atoms with Gasteiger partial charge in [0, 0.05) is 11.6 Å². The van der Waals surface area contributed by atoms with Crippen molar-refractivity contribution in [3.8, 4) is 0 Å². The smallest absolute Gasteiger partial charge is 0.306 e. The first kappa shape index (κ1) is 14.6. The van der Waals surface area contributed by atoms with E-state index >= 15 is 0 Å². The molecule has 0 aliphatic rings. The van der Waals surface area contributed by atoms with Gasteiger partial charge in [0.15, 0.2) is 0 Å². The lowest BCUT2D eigenvalue weighted by Gasteiger charge is -2.09. The average Bonchev–Trinajstić information content (AvgIpc) is 2.52. The second-order valence-corrected chi connectivity index (χ2v) is 5.38. The zero-order valence-electron chi connectivity index (χ0n) is 11.3. The topological polar surface area (TPSA) is 54.0 Å². The molecule has 0 bridgehead atoms. The van der Waals surface area contributed by atoms with Gasteiger partial charge in [-0.25, -0.2) is 9.78 Å². The van der Waals surface area contributed by atoms with Crippen LogP contribution < -0.4 is 10.6 Å². The number of nitrogens with one attached hydrogen (secondary N) is 2. The second-order valence-electron chi connectivity index (χ2n) is 4.60. The fourth-order valence-corrected chi connectivity index (χ4v) is 2.37. The van der Waals surface area contributed by atoms with E-state index in [-0.39, 0.29) is 0 Å². The lowest BCUT2D eigenvalue weighted by atomic mass is 10.2. The minimum absolute atomic E-state index is 0.297. The summed E-state index contributed by atoms with van der Waals surface area (Å²) in [6.45, 7) is 0. The van der Waals surface area contributed by atoms with Crippen molar-refractivity contribution < 1.29 is 4.79 Å². The number of anilines is 2. The van der Waals surface area contributed by atoms with Gasteiger partial charge in [-0.2, -0.15) is 0 Å². The van der Waals surface area contributed by atoms with Gasteiger partial charge in [-0.1, -0.05) is 53.5 Å². The Kier molecular flexibility index (Phi) is 4.13. The summed E-state index contributed by atoms with van der Waals surface area (Å²) in [6.07, 6.45) is 1.71. The Labute approximate surface area is 137 Å². The maximum Gasteiger partial charge on any atom is 0.324 e. The van der Waals surface area contributed by atoms with Crippen molar-refractivity contribution in [1.29, 1.82) is 0 Å². The summed E-state index contributed by atoms with van der Waals surface area (Å²) >= 11 is 11.9. The van der Waals surface area contributed by atoms with Crippen LogP contribution in [-0.4, -0.2) is 11.0 Å². The molecule has 0 aliphatic heterocycles. The van der Waals surface area contributed by atoms with Crippen LogP contribution in [0.1, 0.15) is 0 Å². The Morgan fingerprint density at radius 2 is 1.73 bits per heavy atom. The van der Waals surface area contributed by atoms with Crippen LogP contribution >= 0.6 is 23.2 Å². The summed E-state index contributed by atoms with van der Waals surface area (Å²) in [7, 11) is 0. The molecule has 22 heavy (non-hydrogen) atoms. The molecule has 0 saturated heterocycles. The lowest BCUT2D eigenvalue weighted by molar-refractivity contribution is 0.262. The molecule has 0 saturated carbocycles. The molecule has 3 rings (SSSR count). The maximum atomic E-state index is 12.0. The predicted molar refractivity (Wildman–Crippen MR) is 90.8 cm³/mol. The normalized spacial score (nSPS) is 10.5. The monoisotopic (exact) mass is 331 g/mol. The van der Waals surface area contributed by atoms with Gasteiger partial charge in [-0.3, -0.25) is 5.32 Å². The van der Waals surface area contributed by atoms with Crippen LogP contribution in [0, 0.1) is 0 Å². The Hall–Kier alpha value is -2.30. The third-order valence-electron chi connectivity index (χ3n) is 3.07. The number of halogens is 2. The van der Waals surface area contributed by atoms with Crippen LogP contribution in [0.2, 0.25) is 10.0 Å². The first-order valence-corrected chi connectivity index (χ1v) is 7.26. The van der Waals surface area contributed by atoms with Crippen LogP contribution in [0.4, 0.5) is 16.3 Å². The van der Waals surface area contributed by atoms with Gasteiger partial charge in [-0.05, 0) is 23.6 Å². The summed E-state index contributed by atoms with van der Waals surface area (Å²) in [5.74, 6) is 0.453. The van der Waals surface area contributed by atoms with Crippen molar-refractivity contribution in [1.82, 2.24) is 4.98 Å². The number of fused-ring (bicyclic) bond motifs is 1. The molecule has 0 fully saturated rings. The highest BCUT2D eigenvalue weighted by atomic mass is 35.5. The maximum absolute atomic E-state index is 12.0. The molecule has 0 radical (unpaired) electrons. The highest BCUT2D eigenvalue weighted by Gasteiger charge is 2.09. The number of benzene rings is 2. The number of carbonyl (C=O) groups excluding carboxylic acids is 1. The van der Waals surface area contributed by atoms with Gasteiger partial charge in [0.05, 0.1) is 15.7 Å². The van der Waals surface area contributed by atoms with Crippen molar-refractivity contribution in [3.63, 3.8) is 0 Å². The van der Waals surface area contributed by atoms with Crippen molar-refractivity contribution >= 4 is 51.5 Å². The van der Waals surface area contributed by atoms with E-state index in [0.717, 1.165) is 10.8 Å². The first-order chi connectivity index (χ1) is 10.6. The molecule has 110 valence electrons. The fourth-order valence-electron chi connectivity index (χ4n) is 2.02. The summed E-state index contributed by atoms with van der Waals surface area (Å²) in [5.41, 5.74) is 0.437. The summed E-state index contributed by atoms with van der Waals surface area (Å²) < 4.78 is 0. The van der Waals surface area contributed by atoms with E-state index < -0.39 is 6.03 Å². The van der Waals surface area contributed by atoms with E-state index in [2.05, 4.69) is 15.6 Å². The van der Waals surface area contributed by atoms with E-state index in [1.54, 1.807) is 30.5 Å². The molecular weight excluding hydrogens is 321 g/mol. The quantitative estimate of drug-likeness (QED) is 0.679. The molecule has 2 N–H and O–H groups in total. The van der Waals surface area contributed by atoms with Crippen LogP contribution in [0.15, 0.2) is 54.7 Å². The molecule has 2 aromatic carbocycles. The number of hydrogen-bond donors (Lipinski definition) is 2. The highest BCUT2D eigenvalue weighted by Crippen LogP contribution is 2.29. The Morgan fingerprint density at radius 3 is 2.55 bits per heavy atom. The second kappa shape index (κ2) is 6.22. The number of rotatable bonds is 2. The lowest BCUT2D eigenvalue weighted by Crippen LogP contribution is -2.20. The van der Waals surface area contributed by atoms with E-state index in [4.69, 9.17) is 23.2 Å². The molecule has 3 aromatic rings. The molecule has 0 atom stereocenters. The molecule has 4 nitrogen and oxygen atoms in total. The van der Waals surface area contributed by atoms with Gasteiger partial charge in [-0.15, -0.1) is 0 Å². The third-order valence-corrected chi connectivity index (χ3v) is 3.89. The molecule has 0 unspecified atom stereocenters. The van der Waals surface area contributed by atoms with Crippen LogP contribution in [0.25, 0.3) is 10.8 Å². The van der Waals surface area contributed by atoms with Crippen molar-refractivity contribution in [2.45, 2.75) is 0 Å². The Balaban J connectivity index is 1.76. The number of amides is 2. The number of nitrogens with zero attached hydrogens (tertiary/aromatic N) is 1. The number of hydrogen-bond acceptors (Lipinski definition) is 2. The van der Waals surface area contributed by atoms with E-state index in [1.165, 1.54) is 0 Å². The minimum Gasteiger partial charge on any atom is -0.306 e. The molecule has 1 heterocycles. The van der Waals surface area contributed by atoms with E-state index in [1.807, 2.05) is 24.3 Å². The fraction of sp³-hybridized carbons (Fsp3) is 0. The number of aromatic nitrogens is 1. The van der Waals surface area contributed by atoms with Crippen LogP contribution in [0.3, 0.4) is 0 Å². The Bertz CT molecular complexity index is 852. The zero-order valence-corrected chi connectivity index (χ0v) is 12.8. The molecular formula is C16H11Cl2N3O. The third kappa shape index (κ3) is 3.13. The van der Waals surface area contributed by atoms with Crippen molar-refractivity contribution in [3.05, 3.63) is 64.8 Å². The Morgan fingerprint density at radius 1 is 0.955 bits per heavy atom. The van der Waals surface area contributed by atoms with Gasteiger partial charge < -0.3 is 5.32 Å². The molecule has 1 aromatic heterocycles. The van der Waals surface area contributed by atoms with Crippen molar-refractivity contribution in [2.75, 3.05) is 10.6 Å².